The number of hydrogen-bond donors (Lipinski definition) is 1. The number of unbranched alkanes of at least 4 members (excludes halogenated alkanes) is 1. The molecule has 0 atom stereocenters. The predicted molar refractivity (Wildman–Crippen MR) is 75.1 cm³/mol. The Morgan fingerprint density at radius 1 is 1.35 bits per heavy atom. The lowest BCUT2D eigenvalue weighted by molar-refractivity contribution is -0.385. The van der Waals surface area contributed by atoms with Gasteiger partial charge in [0.05, 0.1) is 17.1 Å². The molecule has 1 rings (SSSR count). The zero-order valence-electron chi connectivity index (χ0n) is 11.9. The van der Waals surface area contributed by atoms with Gasteiger partial charge in [0.1, 0.15) is 5.82 Å². The molecule has 1 N–H and O–H groups in total. The Kier molecular flexibility index (Phi) is 7.11. The molecule has 0 saturated carbocycles. The van der Waals surface area contributed by atoms with E-state index in [2.05, 4.69) is 5.32 Å². The van der Waals surface area contributed by atoms with Gasteiger partial charge in [-0.05, 0) is 44.9 Å². The van der Waals surface area contributed by atoms with Gasteiger partial charge in [0, 0.05) is 19.2 Å². The lowest BCUT2D eigenvalue weighted by Crippen LogP contribution is -2.16. The maximum atomic E-state index is 13.2. The number of benzene rings is 1. The Hall–Kier alpha value is -1.53. The van der Waals surface area contributed by atoms with Gasteiger partial charge in [-0.2, -0.15) is 0 Å². The molecule has 0 aliphatic carbocycles. The number of nitro benzene ring substituents is 1. The fraction of sp³-hybridized carbons (Fsp3) is 0.571. The van der Waals surface area contributed by atoms with E-state index in [0.717, 1.165) is 32.1 Å². The minimum Gasteiger partial charge on any atom is -0.379 e. The van der Waals surface area contributed by atoms with Crippen LogP contribution in [0.1, 0.15) is 32.3 Å². The molecule has 112 valence electrons. The van der Waals surface area contributed by atoms with Crippen LogP contribution in [0.5, 0.6) is 0 Å². The van der Waals surface area contributed by atoms with Crippen LogP contribution in [0.3, 0.4) is 0 Å². The second-order valence-corrected chi connectivity index (χ2v) is 4.88. The summed E-state index contributed by atoms with van der Waals surface area (Å²) in [7, 11) is 0. The lowest BCUT2D eigenvalue weighted by Gasteiger charge is -2.08. The van der Waals surface area contributed by atoms with Crippen LogP contribution in [-0.4, -0.2) is 24.2 Å². The van der Waals surface area contributed by atoms with Crippen molar-refractivity contribution < 1.29 is 14.1 Å². The number of non-ortho nitro benzene ring substituents is 1. The molecule has 0 aliphatic heterocycles. The van der Waals surface area contributed by atoms with Gasteiger partial charge in [-0.1, -0.05) is 0 Å². The monoisotopic (exact) mass is 284 g/mol. The van der Waals surface area contributed by atoms with Gasteiger partial charge in [0.15, 0.2) is 0 Å². The van der Waals surface area contributed by atoms with Crippen LogP contribution in [0, 0.1) is 15.9 Å². The first-order chi connectivity index (χ1) is 9.49. The SMILES string of the molecule is CC(C)OCCCCNCc1cc(F)cc([N+](=O)[O-])c1. The van der Waals surface area contributed by atoms with Crippen LogP contribution in [-0.2, 0) is 11.3 Å². The number of nitrogens with one attached hydrogen (secondary N) is 1. The molecule has 0 radical (unpaired) electrons. The van der Waals surface area contributed by atoms with E-state index in [1.165, 1.54) is 12.1 Å². The summed E-state index contributed by atoms with van der Waals surface area (Å²) in [5.74, 6) is -0.582. The maximum Gasteiger partial charge on any atom is 0.272 e. The maximum absolute atomic E-state index is 13.2. The summed E-state index contributed by atoms with van der Waals surface area (Å²) < 4.78 is 18.6. The van der Waals surface area contributed by atoms with Crippen molar-refractivity contribution in [3.63, 3.8) is 0 Å². The lowest BCUT2D eigenvalue weighted by atomic mass is 10.2. The molecule has 0 saturated heterocycles. The number of rotatable bonds is 9. The summed E-state index contributed by atoms with van der Waals surface area (Å²) in [4.78, 5) is 10.0. The van der Waals surface area contributed by atoms with E-state index >= 15 is 0 Å². The van der Waals surface area contributed by atoms with E-state index in [1.807, 2.05) is 13.8 Å². The normalized spacial score (nSPS) is 11.0. The zero-order chi connectivity index (χ0) is 15.0. The van der Waals surface area contributed by atoms with Crippen molar-refractivity contribution in [2.45, 2.75) is 39.3 Å². The second-order valence-electron chi connectivity index (χ2n) is 4.88. The molecule has 5 nitrogen and oxygen atoms in total. The summed E-state index contributed by atoms with van der Waals surface area (Å²) >= 11 is 0. The first kappa shape index (κ1) is 16.5. The third kappa shape index (κ3) is 6.58. The van der Waals surface area contributed by atoms with Gasteiger partial charge < -0.3 is 10.1 Å². The highest BCUT2D eigenvalue weighted by Gasteiger charge is 2.09. The van der Waals surface area contributed by atoms with Crippen LogP contribution in [0.25, 0.3) is 0 Å². The summed E-state index contributed by atoms with van der Waals surface area (Å²) in [5, 5.41) is 13.8. The molecule has 6 heteroatoms. The molecule has 0 aromatic heterocycles. The molecule has 0 amide bonds. The van der Waals surface area contributed by atoms with Crippen LogP contribution >= 0.6 is 0 Å². The van der Waals surface area contributed by atoms with E-state index in [-0.39, 0.29) is 11.8 Å². The van der Waals surface area contributed by atoms with Crippen molar-refractivity contribution in [2.24, 2.45) is 0 Å². The quantitative estimate of drug-likeness (QED) is 0.430. The molecular formula is C14H21FN2O3. The molecular weight excluding hydrogens is 263 g/mol. The molecule has 0 aliphatic rings. The molecule has 1 aromatic carbocycles. The average Bonchev–Trinajstić information content (AvgIpc) is 2.36. The van der Waals surface area contributed by atoms with Gasteiger partial charge in [0.25, 0.3) is 5.69 Å². The Morgan fingerprint density at radius 3 is 2.75 bits per heavy atom. The van der Waals surface area contributed by atoms with Crippen molar-refractivity contribution >= 4 is 5.69 Å². The van der Waals surface area contributed by atoms with E-state index in [9.17, 15) is 14.5 Å². The van der Waals surface area contributed by atoms with Gasteiger partial charge in [-0.15, -0.1) is 0 Å². The molecule has 0 spiro atoms. The smallest absolute Gasteiger partial charge is 0.272 e. The van der Waals surface area contributed by atoms with Crippen LogP contribution < -0.4 is 5.32 Å². The van der Waals surface area contributed by atoms with Crippen LogP contribution in [0.2, 0.25) is 0 Å². The first-order valence-electron chi connectivity index (χ1n) is 6.75. The topological polar surface area (TPSA) is 64.4 Å². The number of hydrogen-bond acceptors (Lipinski definition) is 4. The minimum absolute atomic E-state index is 0.216. The average molecular weight is 284 g/mol. The first-order valence-corrected chi connectivity index (χ1v) is 6.75. The van der Waals surface area contributed by atoms with E-state index in [1.54, 1.807) is 0 Å². The van der Waals surface area contributed by atoms with E-state index in [4.69, 9.17) is 4.74 Å². The predicted octanol–water partition coefficient (Wildman–Crippen LogP) is 3.03. The minimum atomic E-state index is -0.587. The number of nitrogens with zero attached hydrogens (tertiary/aromatic N) is 1. The van der Waals surface area contributed by atoms with Gasteiger partial charge >= 0.3 is 0 Å². The summed E-state index contributed by atoms with van der Waals surface area (Å²) in [6.07, 6.45) is 2.15. The third-order valence-corrected chi connectivity index (χ3v) is 2.68. The van der Waals surface area contributed by atoms with Crippen molar-refractivity contribution in [1.29, 1.82) is 0 Å². The summed E-state index contributed by atoms with van der Waals surface area (Å²) in [6, 6.07) is 3.62. The van der Waals surface area contributed by atoms with E-state index in [0.29, 0.717) is 12.1 Å². The van der Waals surface area contributed by atoms with Crippen molar-refractivity contribution in [3.8, 4) is 0 Å². The Labute approximate surface area is 118 Å². The summed E-state index contributed by atoms with van der Waals surface area (Å²) in [6.45, 7) is 5.91. The highest BCUT2D eigenvalue weighted by Crippen LogP contribution is 2.16. The Morgan fingerprint density at radius 2 is 2.10 bits per heavy atom. The summed E-state index contributed by atoms with van der Waals surface area (Å²) in [5.41, 5.74) is 0.363. The highest BCUT2D eigenvalue weighted by atomic mass is 19.1. The molecule has 20 heavy (non-hydrogen) atoms. The molecule has 0 heterocycles. The van der Waals surface area contributed by atoms with Gasteiger partial charge in [-0.25, -0.2) is 4.39 Å². The zero-order valence-corrected chi connectivity index (χ0v) is 11.9. The standard InChI is InChI=1S/C14H21FN2O3/c1-11(2)20-6-4-3-5-16-10-12-7-13(15)9-14(8-12)17(18)19/h7-9,11,16H,3-6,10H2,1-2H3. The van der Waals surface area contributed by atoms with Gasteiger partial charge in [-0.3, -0.25) is 10.1 Å². The molecule has 0 bridgehead atoms. The fourth-order valence-corrected chi connectivity index (χ4v) is 1.74. The fourth-order valence-electron chi connectivity index (χ4n) is 1.74. The van der Waals surface area contributed by atoms with Crippen LogP contribution in [0.15, 0.2) is 18.2 Å². The van der Waals surface area contributed by atoms with Crippen molar-refractivity contribution in [3.05, 3.63) is 39.7 Å². The molecule has 1 aromatic rings. The molecule has 0 unspecified atom stereocenters. The number of nitro groups is 1. The largest absolute Gasteiger partial charge is 0.379 e. The van der Waals surface area contributed by atoms with Crippen LogP contribution in [0.4, 0.5) is 10.1 Å². The number of halogens is 1. The third-order valence-electron chi connectivity index (χ3n) is 2.68. The highest BCUT2D eigenvalue weighted by molar-refractivity contribution is 5.35. The van der Waals surface area contributed by atoms with Gasteiger partial charge in [0.2, 0.25) is 0 Å². The Balaban J connectivity index is 2.27. The van der Waals surface area contributed by atoms with Crippen molar-refractivity contribution in [2.75, 3.05) is 13.2 Å². The Bertz CT molecular complexity index is 438. The second kappa shape index (κ2) is 8.60. The van der Waals surface area contributed by atoms with Crippen molar-refractivity contribution in [1.82, 2.24) is 5.32 Å². The number of ether oxygens (including phenoxy) is 1. The van der Waals surface area contributed by atoms with E-state index < -0.39 is 10.7 Å². The molecule has 0 fully saturated rings.